The molecule has 0 radical (unpaired) electrons. The topological polar surface area (TPSA) is 12.0 Å². The highest BCUT2D eigenvalue weighted by molar-refractivity contribution is 4.64. The quantitative estimate of drug-likeness (QED) is 0.636. The molecule has 10 heavy (non-hydrogen) atoms. The van der Waals surface area contributed by atoms with Crippen molar-refractivity contribution >= 4 is 0 Å². The van der Waals surface area contributed by atoms with Crippen LogP contribution in [0.2, 0.25) is 0 Å². The molecule has 0 unspecified atom stereocenters. The Morgan fingerprint density at radius 1 is 1.00 bits per heavy atom. The maximum atomic E-state index is 3.48. The molecule has 0 bridgehead atoms. The van der Waals surface area contributed by atoms with Gasteiger partial charge in [-0.25, -0.2) is 0 Å². The lowest BCUT2D eigenvalue weighted by atomic mass is 10.1. The fraction of sp³-hybridized carbons (Fsp3) is 1.00. The van der Waals surface area contributed by atoms with Crippen LogP contribution in [-0.2, 0) is 0 Å². The van der Waals surface area contributed by atoms with Crippen molar-refractivity contribution in [1.29, 1.82) is 0 Å². The smallest absolute Gasteiger partial charge is 0.00618 e. The normalized spacial score (nSPS) is 14.7. The van der Waals surface area contributed by atoms with E-state index in [2.05, 4.69) is 39.9 Å². The molecule has 0 aromatic rings. The maximum absolute atomic E-state index is 3.48. The van der Waals surface area contributed by atoms with Crippen molar-refractivity contribution in [2.75, 3.05) is 6.54 Å². The number of nitrogens with one attached hydrogen (secondary N) is 1. The average Bonchev–Trinajstić information content (AvgIpc) is 1.82. The Hall–Kier alpha value is -0.0400. The van der Waals surface area contributed by atoms with E-state index in [1.54, 1.807) is 0 Å². The molecule has 0 aliphatic carbocycles. The van der Waals surface area contributed by atoms with Gasteiger partial charge in [-0.2, -0.15) is 0 Å². The summed E-state index contributed by atoms with van der Waals surface area (Å²) in [5.41, 5.74) is 0. The third-order valence-corrected chi connectivity index (χ3v) is 1.85. The zero-order valence-corrected chi connectivity index (χ0v) is 7.94. The summed E-state index contributed by atoms with van der Waals surface area (Å²) in [6.07, 6.45) is 0. The van der Waals surface area contributed by atoms with Gasteiger partial charge in [0.1, 0.15) is 0 Å². The second-order valence-electron chi connectivity index (χ2n) is 3.83. The first-order valence-electron chi connectivity index (χ1n) is 4.27. The molecule has 1 heteroatoms. The van der Waals surface area contributed by atoms with Crippen molar-refractivity contribution < 1.29 is 0 Å². The lowest BCUT2D eigenvalue weighted by Gasteiger charge is -2.18. The van der Waals surface area contributed by atoms with Crippen molar-refractivity contribution in [3.8, 4) is 0 Å². The lowest BCUT2D eigenvalue weighted by Crippen LogP contribution is -2.33. The van der Waals surface area contributed by atoms with Crippen LogP contribution in [0.4, 0.5) is 0 Å². The molecule has 0 amide bonds. The summed E-state index contributed by atoms with van der Waals surface area (Å²) < 4.78 is 0. The van der Waals surface area contributed by atoms with E-state index in [4.69, 9.17) is 0 Å². The second-order valence-corrected chi connectivity index (χ2v) is 3.83. The minimum absolute atomic E-state index is 0.655. The van der Waals surface area contributed by atoms with Gasteiger partial charge < -0.3 is 5.32 Å². The highest BCUT2D eigenvalue weighted by Gasteiger charge is 2.05. The Morgan fingerprint density at radius 3 is 1.80 bits per heavy atom. The van der Waals surface area contributed by atoms with Crippen LogP contribution < -0.4 is 5.32 Å². The minimum Gasteiger partial charge on any atom is -0.314 e. The fourth-order valence-electron chi connectivity index (χ4n) is 0.657. The van der Waals surface area contributed by atoms with E-state index in [1.165, 1.54) is 0 Å². The molecule has 0 spiro atoms. The van der Waals surface area contributed by atoms with Gasteiger partial charge in [0, 0.05) is 6.04 Å². The van der Waals surface area contributed by atoms with E-state index >= 15 is 0 Å². The first kappa shape index (κ1) is 9.96. The molecule has 1 atom stereocenters. The van der Waals surface area contributed by atoms with Gasteiger partial charge in [-0.1, -0.05) is 27.7 Å². The predicted octanol–water partition coefficient (Wildman–Crippen LogP) is 2.28. The van der Waals surface area contributed by atoms with E-state index in [0.29, 0.717) is 6.04 Å². The number of hydrogen-bond donors (Lipinski definition) is 1. The van der Waals surface area contributed by atoms with E-state index in [0.717, 1.165) is 18.4 Å². The van der Waals surface area contributed by atoms with Crippen molar-refractivity contribution in [2.24, 2.45) is 11.8 Å². The van der Waals surface area contributed by atoms with E-state index < -0.39 is 0 Å². The molecule has 0 fully saturated rings. The maximum Gasteiger partial charge on any atom is 0.00618 e. The molecule has 0 aromatic carbocycles. The van der Waals surface area contributed by atoms with E-state index in [1.807, 2.05) is 0 Å². The summed E-state index contributed by atoms with van der Waals surface area (Å²) in [5.74, 6) is 1.51. The summed E-state index contributed by atoms with van der Waals surface area (Å²) in [7, 11) is 0. The van der Waals surface area contributed by atoms with Crippen LogP contribution in [0.25, 0.3) is 0 Å². The van der Waals surface area contributed by atoms with Gasteiger partial charge in [0.25, 0.3) is 0 Å². The molecule has 0 rings (SSSR count). The van der Waals surface area contributed by atoms with Crippen LogP contribution in [0, 0.1) is 11.8 Å². The second kappa shape index (κ2) is 4.73. The van der Waals surface area contributed by atoms with Gasteiger partial charge in [0.2, 0.25) is 0 Å². The summed E-state index contributed by atoms with van der Waals surface area (Å²) in [4.78, 5) is 0. The molecular weight excluding hydrogens is 122 g/mol. The Kier molecular flexibility index (Phi) is 4.71. The first-order chi connectivity index (χ1) is 4.54. The first-order valence-corrected chi connectivity index (χ1v) is 4.27. The third kappa shape index (κ3) is 4.80. The number of hydrogen-bond acceptors (Lipinski definition) is 1. The highest BCUT2D eigenvalue weighted by atomic mass is 14.9. The molecule has 1 N–H and O–H groups in total. The van der Waals surface area contributed by atoms with Gasteiger partial charge in [-0.3, -0.25) is 0 Å². The van der Waals surface area contributed by atoms with Gasteiger partial charge in [-0.15, -0.1) is 0 Å². The van der Waals surface area contributed by atoms with Crippen LogP contribution in [0.3, 0.4) is 0 Å². The van der Waals surface area contributed by atoms with Crippen molar-refractivity contribution in [2.45, 2.75) is 40.7 Å². The Labute approximate surface area is 65.2 Å². The van der Waals surface area contributed by atoms with Crippen LogP contribution in [-0.4, -0.2) is 12.6 Å². The van der Waals surface area contributed by atoms with Crippen molar-refractivity contribution in [3.63, 3.8) is 0 Å². The van der Waals surface area contributed by atoms with E-state index in [-0.39, 0.29) is 0 Å². The third-order valence-electron chi connectivity index (χ3n) is 1.85. The lowest BCUT2D eigenvalue weighted by molar-refractivity contribution is 0.401. The molecule has 0 aliphatic rings. The van der Waals surface area contributed by atoms with Crippen LogP contribution in [0.15, 0.2) is 0 Å². The van der Waals surface area contributed by atoms with Crippen molar-refractivity contribution in [3.05, 3.63) is 0 Å². The van der Waals surface area contributed by atoms with Gasteiger partial charge in [-0.05, 0) is 25.3 Å². The molecule has 0 saturated heterocycles. The largest absolute Gasteiger partial charge is 0.314 e. The zero-order valence-electron chi connectivity index (χ0n) is 7.94. The standard InChI is InChI=1S/C9H21N/c1-7(2)6-10-9(5)8(3)4/h7-10H,6H2,1-5H3/t9-/m1/s1. The Balaban J connectivity index is 3.30. The van der Waals surface area contributed by atoms with Crippen molar-refractivity contribution in [1.82, 2.24) is 5.32 Å². The number of rotatable bonds is 4. The van der Waals surface area contributed by atoms with Gasteiger partial charge >= 0.3 is 0 Å². The highest BCUT2D eigenvalue weighted by Crippen LogP contribution is 2.00. The molecule has 0 aromatic heterocycles. The SMILES string of the molecule is CC(C)CN[C@H](C)C(C)C. The molecular formula is C9H21N. The average molecular weight is 143 g/mol. The fourth-order valence-corrected chi connectivity index (χ4v) is 0.657. The summed E-state index contributed by atoms with van der Waals surface area (Å²) in [6.45, 7) is 12.3. The minimum atomic E-state index is 0.655. The molecule has 0 aliphatic heterocycles. The summed E-state index contributed by atoms with van der Waals surface area (Å²) in [6, 6.07) is 0.655. The molecule has 0 saturated carbocycles. The Morgan fingerprint density at radius 2 is 1.50 bits per heavy atom. The Bertz CT molecular complexity index is 76.8. The monoisotopic (exact) mass is 143 g/mol. The summed E-state index contributed by atoms with van der Waals surface area (Å²) in [5, 5.41) is 3.48. The summed E-state index contributed by atoms with van der Waals surface area (Å²) >= 11 is 0. The van der Waals surface area contributed by atoms with Crippen LogP contribution in [0.5, 0.6) is 0 Å². The van der Waals surface area contributed by atoms with Gasteiger partial charge in [0.05, 0.1) is 0 Å². The van der Waals surface area contributed by atoms with Gasteiger partial charge in [0.15, 0.2) is 0 Å². The molecule has 0 heterocycles. The predicted molar refractivity (Wildman–Crippen MR) is 47.1 cm³/mol. The van der Waals surface area contributed by atoms with Crippen LogP contribution in [0.1, 0.15) is 34.6 Å². The zero-order chi connectivity index (χ0) is 8.15. The van der Waals surface area contributed by atoms with Crippen LogP contribution >= 0.6 is 0 Å². The molecule has 1 nitrogen and oxygen atoms in total. The van der Waals surface area contributed by atoms with E-state index in [9.17, 15) is 0 Å². The molecule has 62 valence electrons.